The van der Waals surface area contributed by atoms with Gasteiger partial charge in [-0.1, -0.05) is 6.42 Å². The fourth-order valence-electron chi connectivity index (χ4n) is 3.80. The van der Waals surface area contributed by atoms with E-state index in [2.05, 4.69) is 20.5 Å². The van der Waals surface area contributed by atoms with Crippen molar-refractivity contribution in [1.29, 1.82) is 0 Å². The number of nitrogens with zero attached hydrogens (tertiary/aromatic N) is 2. The van der Waals surface area contributed by atoms with E-state index in [1.54, 1.807) is 7.05 Å². The molecule has 9 heteroatoms. The van der Waals surface area contributed by atoms with Gasteiger partial charge in [0.05, 0.1) is 5.56 Å². The van der Waals surface area contributed by atoms with E-state index in [4.69, 9.17) is 0 Å². The van der Waals surface area contributed by atoms with Gasteiger partial charge in [-0.2, -0.15) is 13.2 Å². The van der Waals surface area contributed by atoms with Gasteiger partial charge in [0.1, 0.15) is 0 Å². The minimum absolute atomic E-state index is 0. The summed E-state index contributed by atoms with van der Waals surface area (Å²) in [6.45, 7) is 2.89. The van der Waals surface area contributed by atoms with Crippen LogP contribution < -0.4 is 10.6 Å². The molecule has 2 fully saturated rings. The molecule has 0 aromatic heterocycles. The maximum Gasteiger partial charge on any atom is 0.416 e. The van der Waals surface area contributed by atoms with Crippen LogP contribution in [0.25, 0.3) is 0 Å². The molecule has 1 heterocycles. The standard InChI is InChI=1S/C19H25F3N4O.HI/c1-23-17(26-12-9-18(13-26)7-2-8-18)25-11-10-24-16(27)14-3-5-15(6-4-14)19(20,21)22;/h3-6H,2,7-13H2,1H3,(H,23,25)(H,24,27);1H. The van der Waals surface area contributed by atoms with Gasteiger partial charge in [-0.25, -0.2) is 0 Å². The van der Waals surface area contributed by atoms with Gasteiger partial charge < -0.3 is 15.5 Å². The van der Waals surface area contributed by atoms with Crippen LogP contribution in [0, 0.1) is 5.41 Å². The number of halogens is 4. The summed E-state index contributed by atoms with van der Waals surface area (Å²) < 4.78 is 37.7. The van der Waals surface area contributed by atoms with Crippen molar-refractivity contribution < 1.29 is 18.0 Å². The van der Waals surface area contributed by atoms with E-state index < -0.39 is 17.6 Å². The third kappa shape index (κ3) is 5.30. The molecule has 0 atom stereocenters. The molecule has 0 bridgehead atoms. The van der Waals surface area contributed by atoms with Crippen LogP contribution in [0.5, 0.6) is 0 Å². The predicted octanol–water partition coefficient (Wildman–Crippen LogP) is 3.50. The van der Waals surface area contributed by atoms with Crippen molar-refractivity contribution in [2.24, 2.45) is 10.4 Å². The van der Waals surface area contributed by atoms with E-state index in [-0.39, 0.29) is 29.5 Å². The molecule has 28 heavy (non-hydrogen) atoms. The maximum atomic E-state index is 12.6. The minimum Gasteiger partial charge on any atom is -0.354 e. The van der Waals surface area contributed by atoms with Crippen LogP contribution in [-0.2, 0) is 6.18 Å². The largest absolute Gasteiger partial charge is 0.416 e. The zero-order valence-corrected chi connectivity index (χ0v) is 18.1. The lowest BCUT2D eigenvalue weighted by atomic mass is 9.68. The van der Waals surface area contributed by atoms with Crippen LogP contribution in [0.15, 0.2) is 29.3 Å². The van der Waals surface area contributed by atoms with Crippen molar-refractivity contribution in [1.82, 2.24) is 15.5 Å². The Labute approximate surface area is 180 Å². The quantitative estimate of drug-likeness (QED) is 0.282. The summed E-state index contributed by atoms with van der Waals surface area (Å²) in [6.07, 6.45) is 0.712. The summed E-state index contributed by atoms with van der Waals surface area (Å²) >= 11 is 0. The van der Waals surface area contributed by atoms with Crippen LogP contribution in [-0.4, -0.2) is 50.0 Å². The lowest BCUT2D eigenvalue weighted by Gasteiger charge is -2.38. The van der Waals surface area contributed by atoms with E-state index in [1.165, 1.54) is 37.8 Å². The van der Waals surface area contributed by atoms with Gasteiger partial charge >= 0.3 is 6.18 Å². The summed E-state index contributed by atoms with van der Waals surface area (Å²) in [5.74, 6) is 0.442. The van der Waals surface area contributed by atoms with E-state index in [9.17, 15) is 18.0 Å². The number of guanidine groups is 1. The van der Waals surface area contributed by atoms with Crippen molar-refractivity contribution in [3.63, 3.8) is 0 Å². The first kappa shape index (κ1) is 22.8. The van der Waals surface area contributed by atoms with Gasteiger partial charge in [0.2, 0.25) is 0 Å². The van der Waals surface area contributed by atoms with Crippen LogP contribution in [0.1, 0.15) is 41.6 Å². The predicted molar refractivity (Wildman–Crippen MR) is 113 cm³/mol. The Hall–Kier alpha value is -1.52. The average molecular weight is 510 g/mol. The second-order valence-corrected chi connectivity index (χ2v) is 7.33. The Morgan fingerprint density at radius 1 is 1.14 bits per heavy atom. The van der Waals surface area contributed by atoms with Gasteiger partial charge in [0, 0.05) is 38.8 Å². The average Bonchev–Trinajstić information content (AvgIpc) is 3.07. The number of likely N-dealkylation sites (tertiary alicyclic amines) is 1. The number of hydrogen-bond acceptors (Lipinski definition) is 2. The summed E-state index contributed by atoms with van der Waals surface area (Å²) in [4.78, 5) is 18.6. The molecule has 1 aliphatic heterocycles. The smallest absolute Gasteiger partial charge is 0.354 e. The Morgan fingerprint density at radius 3 is 2.29 bits per heavy atom. The molecular formula is C19H26F3IN4O. The fourth-order valence-corrected chi connectivity index (χ4v) is 3.80. The number of carbonyl (C=O) groups is 1. The van der Waals surface area contributed by atoms with E-state index in [0.29, 0.717) is 18.5 Å². The number of aliphatic imine (C=N–C) groups is 1. The van der Waals surface area contributed by atoms with Crippen molar-refractivity contribution in [3.05, 3.63) is 35.4 Å². The van der Waals surface area contributed by atoms with Crippen molar-refractivity contribution in [2.45, 2.75) is 31.9 Å². The molecule has 3 rings (SSSR count). The number of benzene rings is 1. The molecule has 1 amide bonds. The number of hydrogen-bond donors (Lipinski definition) is 2. The van der Waals surface area contributed by atoms with Gasteiger partial charge in [0.25, 0.3) is 5.91 Å². The van der Waals surface area contributed by atoms with Crippen LogP contribution in [0.2, 0.25) is 0 Å². The highest BCUT2D eigenvalue weighted by atomic mass is 127. The van der Waals surface area contributed by atoms with Gasteiger partial charge in [-0.05, 0) is 48.9 Å². The third-order valence-corrected chi connectivity index (χ3v) is 5.53. The lowest BCUT2D eigenvalue weighted by molar-refractivity contribution is -0.137. The first-order valence-corrected chi connectivity index (χ1v) is 9.24. The highest BCUT2D eigenvalue weighted by Gasteiger charge is 2.43. The topological polar surface area (TPSA) is 56.7 Å². The van der Waals surface area contributed by atoms with Crippen molar-refractivity contribution in [2.75, 3.05) is 33.2 Å². The Kier molecular flexibility index (Phi) is 7.58. The monoisotopic (exact) mass is 510 g/mol. The SMILES string of the molecule is CN=C(NCCNC(=O)c1ccc(C(F)(F)F)cc1)N1CCC2(CCC2)C1.I. The molecule has 0 radical (unpaired) electrons. The number of alkyl halides is 3. The number of nitrogens with one attached hydrogen (secondary N) is 2. The summed E-state index contributed by atoms with van der Waals surface area (Å²) in [5, 5.41) is 5.96. The second-order valence-electron chi connectivity index (χ2n) is 7.33. The number of amides is 1. The lowest BCUT2D eigenvalue weighted by Crippen LogP contribution is -2.44. The first-order valence-electron chi connectivity index (χ1n) is 9.24. The summed E-state index contributed by atoms with van der Waals surface area (Å²) in [6, 6.07) is 4.21. The van der Waals surface area contributed by atoms with Crippen LogP contribution >= 0.6 is 24.0 Å². The number of carbonyl (C=O) groups excluding carboxylic acids is 1. The van der Waals surface area contributed by atoms with E-state index in [0.717, 1.165) is 31.2 Å². The molecule has 1 aromatic rings. The van der Waals surface area contributed by atoms with Crippen molar-refractivity contribution >= 4 is 35.8 Å². The normalized spacial score (nSPS) is 18.4. The molecule has 1 saturated carbocycles. The minimum atomic E-state index is -4.40. The van der Waals surface area contributed by atoms with Gasteiger partial charge in [-0.3, -0.25) is 9.79 Å². The number of rotatable bonds is 4. The zero-order chi connectivity index (χ0) is 19.5. The molecule has 2 aliphatic rings. The summed E-state index contributed by atoms with van der Waals surface area (Å²) in [5.41, 5.74) is -0.0766. The van der Waals surface area contributed by atoms with Gasteiger partial charge in [-0.15, -0.1) is 24.0 Å². The van der Waals surface area contributed by atoms with Crippen molar-refractivity contribution in [3.8, 4) is 0 Å². The molecule has 1 aromatic carbocycles. The molecule has 1 aliphatic carbocycles. The Balaban J connectivity index is 0.00000280. The molecule has 2 N–H and O–H groups in total. The second kappa shape index (κ2) is 9.32. The third-order valence-electron chi connectivity index (χ3n) is 5.53. The fraction of sp³-hybridized carbons (Fsp3) is 0.579. The van der Waals surface area contributed by atoms with Gasteiger partial charge in [0.15, 0.2) is 5.96 Å². The molecular weight excluding hydrogens is 484 g/mol. The maximum absolute atomic E-state index is 12.6. The Morgan fingerprint density at radius 2 is 1.79 bits per heavy atom. The Bertz CT molecular complexity index is 702. The first-order chi connectivity index (χ1) is 12.8. The van der Waals surface area contributed by atoms with E-state index in [1.807, 2.05) is 0 Å². The molecule has 1 spiro atoms. The highest BCUT2D eigenvalue weighted by molar-refractivity contribution is 14.0. The molecule has 5 nitrogen and oxygen atoms in total. The molecule has 1 saturated heterocycles. The van der Waals surface area contributed by atoms with Crippen LogP contribution in [0.3, 0.4) is 0 Å². The van der Waals surface area contributed by atoms with E-state index >= 15 is 0 Å². The zero-order valence-electron chi connectivity index (χ0n) is 15.8. The molecule has 156 valence electrons. The molecule has 0 unspecified atom stereocenters. The van der Waals surface area contributed by atoms with Crippen LogP contribution in [0.4, 0.5) is 13.2 Å². The summed E-state index contributed by atoms with van der Waals surface area (Å²) in [7, 11) is 1.74. The highest BCUT2D eigenvalue weighted by Crippen LogP contribution is 2.47.